The number of nitrogens with zero attached hydrogens (tertiary/aromatic N) is 1. The molecular formula is C11H9BrINO2. The maximum Gasteiger partial charge on any atom is 0.310 e. The van der Waals surface area contributed by atoms with Gasteiger partial charge in [-0.25, -0.2) is 0 Å². The van der Waals surface area contributed by atoms with Crippen molar-refractivity contribution in [1.29, 1.82) is 5.26 Å². The largest absolute Gasteiger partial charge is 0.466 e. The van der Waals surface area contributed by atoms with Gasteiger partial charge in [-0.3, -0.25) is 4.79 Å². The van der Waals surface area contributed by atoms with E-state index in [1.165, 1.54) is 0 Å². The van der Waals surface area contributed by atoms with Gasteiger partial charge in [-0.05, 0) is 63.1 Å². The van der Waals surface area contributed by atoms with Crippen LogP contribution >= 0.6 is 38.5 Å². The van der Waals surface area contributed by atoms with Crippen molar-refractivity contribution in [3.63, 3.8) is 0 Å². The van der Waals surface area contributed by atoms with E-state index in [1.54, 1.807) is 13.0 Å². The molecule has 1 aromatic rings. The lowest BCUT2D eigenvalue weighted by Gasteiger charge is -2.06. The number of hydrogen-bond donors (Lipinski definition) is 0. The minimum Gasteiger partial charge on any atom is -0.466 e. The van der Waals surface area contributed by atoms with E-state index in [1.807, 2.05) is 6.07 Å². The van der Waals surface area contributed by atoms with Gasteiger partial charge >= 0.3 is 5.97 Å². The topological polar surface area (TPSA) is 50.1 Å². The molecule has 0 spiro atoms. The molecule has 5 heteroatoms. The lowest BCUT2D eigenvalue weighted by molar-refractivity contribution is -0.142. The number of halogens is 2. The van der Waals surface area contributed by atoms with Crippen molar-refractivity contribution in [1.82, 2.24) is 0 Å². The summed E-state index contributed by atoms with van der Waals surface area (Å²) in [7, 11) is 0. The molecule has 0 aliphatic heterocycles. The van der Waals surface area contributed by atoms with Crippen LogP contribution in [0.5, 0.6) is 0 Å². The molecule has 3 nitrogen and oxygen atoms in total. The number of carbonyl (C=O) groups excluding carboxylic acids is 1. The molecular weight excluding hydrogens is 385 g/mol. The zero-order valence-corrected chi connectivity index (χ0v) is 12.3. The number of nitriles is 1. The van der Waals surface area contributed by atoms with Crippen LogP contribution in [0.2, 0.25) is 0 Å². The summed E-state index contributed by atoms with van der Waals surface area (Å²) in [4.78, 5) is 11.3. The second-order valence-corrected chi connectivity index (χ2v) is 5.06. The SMILES string of the molecule is CCOC(=O)Cc1cc(I)cc(C#N)c1Br. The predicted octanol–water partition coefficient (Wildman–Crippen LogP) is 3.03. The Balaban J connectivity index is 3.01. The van der Waals surface area contributed by atoms with Crippen LogP contribution in [-0.2, 0) is 16.0 Å². The number of esters is 1. The van der Waals surface area contributed by atoms with Crippen LogP contribution in [0.25, 0.3) is 0 Å². The van der Waals surface area contributed by atoms with Crippen LogP contribution in [-0.4, -0.2) is 12.6 Å². The fourth-order valence-corrected chi connectivity index (χ4v) is 2.37. The van der Waals surface area contributed by atoms with E-state index in [0.29, 0.717) is 16.6 Å². The molecule has 1 rings (SSSR count). The third-order valence-electron chi connectivity index (χ3n) is 1.87. The fourth-order valence-electron chi connectivity index (χ4n) is 1.22. The molecule has 0 aliphatic carbocycles. The molecule has 0 radical (unpaired) electrons. The number of rotatable bonds is 3. The van der Waals surface area contributed by atoms with Crippen molar-refractivity contribution in [2.45, 2.75) is 13.3 Å². The van der Waals surface area contributed by atoms with E-state index in [2.05, 4.69) is 44.6 Å². The first-order valence-electron chi connectivity index (χ1n) is 4.62. The van der Waals surface area contributed by atoms with E-state index in [-0.39, 0.29) is 12.4 Å². The molecule has 0 aromatic heterocycles. The Kier molecular flexibility index (Phi) is 5.22. The third kappa shape index (κ3) is 3.46. The van der Waals surface area contributed by atoms with Gasteiger partial charge in [0, 0.05) is 8.04 Å². The first-order chi connectivity index (χ1) is 7.58. The maximum atomic E-state index is 11.3. The van der Waals surface area contributed by atoms with Crippen LogP contribution in [0, 0.1) is 14.9 Å². The van der Waals surface area contributed by atoms with Gasteiger partial charge in [-0.15, -0.1) is 0 Å². The molecule has 0 heterocycles. The molecule has 84 valence electrons. The van der Waals surface area contributed by atoms with Crippen molar-refractivity contribution in [2.24, 2.45) is 0 Å². The van der Waals surface area contributed by atoms with Crippen LogP contribution in [0.3, 0.4) is 0 Å². The summed E-state index contributed by atoms with van der Waals surface area (Å²) < 4.78 is 6.47. The molecule has 0 saturated heterocycles. The molecule has 0 amide bonds. The zero-order chi connectivity index (χ0) is 12.1. The van der Waals surface area contributed by atoms with Crippen molar-refractivity contribution < 1.29 is 9.53 Å². The monoisotopic (exact) mass is 393 g/mol. The van der Waals surface area contributed by atoms with Crippen LogP contribution in [0.1, 0.15) is 18.1 Å². The zero-order valence-electron chi connectivity index (χ0n) is 8.59. The molecule has 0 saturated carbocycles. The summed E-state index contributed by atoms with van der Waals surface area (Å²) in [5, 5.41) is 8.91. The first-order valence-corrected chi connectivity index (χ1v) is 6.49. The van der Waals surface area contributed by atoms with Gasteiger partial charge in [0.25, 0.3) is 0 Å². The second kappa shape index (κ2) is 6.21. The van der Waals surface area contributed by atoms with Gasteiger partial charge in [0.15, 0.2) is 0 Å². The highest BCUT2D eigenvalue weighted by atomic mass is 127. The lowest BCUT2D eigenvalue weighted by Crippen LogP contribution is -2.08. The summed E-state index contributed by atoms with van der Waals surface area (Å²) in [5.41, 5.74) is 1.31. The highest BCUT2D eigenvalue weighted by molar-refractivity contribution is 14.1. The van der Waals surface area contributed by atoms with Gasteiger partial charge in [0.2, 0.25) is 0 Å². The van der Waals surface area contributed by atoms with E-state index in [0.717, 1.165) is 9.13 Å². The molecule has 0 atom stereocenters. The van der Waals surface area contributed by atoms with E-state index in [4.69, 9.17) is 10.00 Å². The highest BCUT2D eigenvalue weighted by Gasteiger charge is 2.11. The average molecular weight is 394 g/mol. The van der Waals surface area contributed by atoms with Gasteiger partial charge in [0.1, 0.15) is 6.07 Å². The summed E-state index contributed by atoms with van der Waals surface area (Å²) >= 11 is 5.44. The molecule has 16 heavy (non-hydrogen) atoms. The maximum absolute atomic E-state index is 11.3. The fraction of sp³-hybridized carbons (Fsp3) is 0.273. The standard InChI is InChI=1S/C11H9BrINO2/c1-2-16-10(15)5-7-3-9(13)4-8(6-14)11(7)12/h3-4H,2,5H2,1H3. The van der Waals surface area contributed by atoms with Gasteiger partial charge < -0.3 is 4.74 Å². The number of hydrogen-bond acceptors (Lipinski definition) is 3. The van der Waals surface area contributed by atoms with Gasteiger partial charge in [0.05, 0.1) is 18.6 Å². The smallest absolute Gasteiger partial charge is 0.310 e. The van der Waals surface area contributed by atoms with E-state index >= 15 is 0 Å². The Morgan fingerprint density at radius 3 is 2.88 bits per heavy atom. The highest BCUT2D eigenvalue weighted by Crippen LogP contribution is 2.25. The van der Waals surface area contributed by atoms with Crippen molar-refractivity contribution >= 4 is 44.5 Å². The third-order valence-corrected chi connectivity index (χ3v) is 3.43. The summed E-state index contributed by atoms with van der Waals surface area (Å²) in [6, 6.07) is 5.70. The predicted molar refractivity (Wildman–Crippen MR) is 71.9 cm³/mol. The van der Waals surface area contributed by atoms with Crippen LogP contribution in [0.15, 0.2) is 16.6 Å². The van der Waals surface area contributed by atoms with Crippen molar-refractivity contribution in [3.8, 4) is 6.07 Å². The second-order valence-electron chi connectivity index (χ2n) is 3.02. The average Bonchev–Trinajstić information content (AvgIpc) is 2.23. The van der Waals surface area contributed by atoms with Gasteiger partial charge in [-0.2, -0.15) is 5.26 Å². The number of carbonyl (C=O) groups is 1. The minimum absolute atomic E-state index is 0.181. The number of benzene rings is 1. The molecule has 0 aliphatic rings. The first kappa shape index (κ1) is 13.5. The van der Waals surface area contributed by atoms with E-state index in [9.17, 15) is 4.79 Å². The van der Waals surface area contributed by atoms with Crippen molar-refractivity contribution in [3.05, 3.63) is 31.3 Å². The molecule has 0 N–H and O–H groups in total. The van der Waals surface area contributed by atoms with E-state index < -0.39 is 0 Å². The molecule has 0 unspecified atom stereocenters. The van der Waals surface area contributed by atoms with Crippen LogP contribution < -0.4 is 0 Å². The van der Waals surface area contributed by atoms with Crippen molar-refractivity contribution in [2.75, 3.05) is 6.61 Å². The Hall–Kier alpha value is -0.610. The Bertz CT molecular complexity index is 454. The number of ether oxygens (including phenoxy) is 1. The molecule has 0 fully saturated rings. The van der Waals surface area contributed by atoms with Crippen LogP contribution in [0.4, 0.5) is 0 Å². The molecule has 0 bridgehead atoms. The normalized spacial score (nSPS) is 9.62. The Morgan fingerprint density at radius 2 is 2.31 bits per heavy atom. The summed E-state index contributed by atoms with van der Waals surface area (Å²) in [6.45, 7) is 2.13. The minimum atomic E-state index is -0.283. The lowest BCUT2D eigenvalue weighted by atomic mass is 10.1. The van der Waals surface area contributed by atoms with Gasteiger partial charge in [-0.1, -0.05) is 0 Å². The summed E-state index contributed by atoms with van der Waals surface area (Å²) in [5.74, 6) is -0.283. The molecule has 1 aromatic carbocycles. The Morgan fingerprint density at radius 1 is 1.62 bits per heavy atom. The Labute approximate surface area is 116 Å². The summed E-state index contributed by atoms with van der Waals surface area (Å²) in [6.07, 6.45) is 0.181. The quantitative estimate of drug-likeness (QED) is 0.585.